The Labute approximate surface area is 771 Å². The lowest BCUT2D eigenvalue weighted by Gasteiger charge is -2.50. The second kappa shape index (κ2) is 26.7. The van der Waals surface area contributed by atoms with Crippen LogP contribution in [0.1, 0.15) is 194 Å². The first kappa shape index (κ1) is 79.8. The van der Waals surface area contributed by atoms with Crippen LogP contribution in [-0.2, 0) is 56.8 Å². The minimum atomic E-state index is -0.275. The molecule has 4 aliphatic carbocycles. The van der Waals surface area contributed by atoms with E-state index in [1.807, 2.05) is 24.9 Å². The van der Waals surface area contributed by atoms with Gasteiger partial charge in [0.25, 0.3) is 6.33 Å². The summed E-state index contributed by atoms with van der Waals surface area (Å²) in [6, 6.07) is 44.8. The molecule has 23 nitrogen and oxygen atoms in total. The van der Waals surface area contributed by atoms with Gasteiger partial charge in [-0.15, -0.1) is 0 Å². The van der Waals surface area contributed by atoms with E-state index in [2.05, 4.69) is 378 Å². The van der Waals surface area contributed by atoms with E-state index in [9.17, 15) is 0 Å². The molecule has 1 unspecified atom stereocenters. The van der Waals surface area contributed by atoms with Gasteiger partial charge in [0.1, 0.15) is 44.9 Å². The highest BCUT2D eigenvalue weighted by Gasteiger charge is 2.56. The average molecular weight is 1760 g/mol. The molecule has 2 atom stereocenters. The van der Waals surface area contributed by atoms with E-state index in [1.54, 1.807) is 11.1 Å². The summed E-state index contributed by atoms with van der Waals surface area (Å²) < 4.78 is 33.2. The molecule has 7 aromatic carbocycles. The van der Waals surface area contributed by atoms with Crippen LogP contribution in [0.4, 0.5) is 5.69 Å². The van der Waals surface area contributed by atoms with E-state index in [-0.39, 0.29) is 22.2 Å². The molecule has 0 saturated heterocycles. The molecule has 6 aliphatic heterocycles. The number of rotatable bonds is 0. The smallest absolute Gasteiger partial charge is 0.286 e. The second-order valence-electron chi connectivity index (χ2n) is 41.4. The molecule has 31 rings (SSSR count). The Kier molecular flexibility index (Phi) is 16.0. The molecule has 20 heterocycles. The molecular formula is C110H113N23+4. The van der Waals surface area contributed by atoms with E-state index >= 15 is 0 Å². The molecular weight excluding hydrogens is 1640 g/mol. The van der Waals surface area contributed by atoms with E-state index < -0.39 is 0 Å². The van der Waals surface area contributed by atoms with Crippen LogP contribution < -0.4 is 23.2 Å². The molecule has 0 N–H and O–H groups in total. The number of benzene rings is 7. The molecule has 0 radical (unpaired) electrons. The first-order valence-corrected chi connectivity index (χ1v) is 47.7. The van der Waals surface area contributed by atoms with Crippen molar-refractivity contribution >= 4 is 112 Å². The molecule has 2 bridgehead atoms. The number of para-hydroxylation sites is 4. The van der Waals surface area contributed by atoms with Crippen molar-refractivity contribution in [3.05, 3.63) is 266 Å². The van der Waals surface area contributed by atoms with Crippen LogP contribution in [0, 0.1) is 76.2 Å². The number of anilines is 1. The number of hydrogen-bond donors (Lipinski definition) is 0. The normalized spacial score (nSPS) is 18.7. The van der Waals surface area contributed by atoms with Crippen molar-refractivity contribution < 1.29 is 18.3 Å². The molecule has 1 spiro atoms. The van der Waals surface area contributed by atoms with Gasteiger partial charge in [0.05, 0.1) is 186 Å². The van der Waals surface area contributed by atoms with Crippen LogP contribution in [0.25, 0.3) is 151 Å². The summed E-state index contributed by atoms with van der Waals surface area (Å²) in [5.41, 5.74) is 52.0. The van der Waals surface area contributed by atoms with Gasteiger partial charge in [-0.1, -0.05) is 59.6 Å². The number of pyridine rings is 2. The van der Waals surface area contributed by atoms with Gasteiger partial charge in [0.15, 0.2) is 18.6 Å². The van der Waals surface area contributed by atoms with Gasteiger partial charge >= 0.3 is 0 Å². The molecule has 14 aromatic heterocycles. The van der Waals surface area contributed by atoms with Gasteiger partial charge in [0, 0.05) is 42.5 Å². The molecule has 21 aromatic rings. The zero-order chi connectivity index (χ0) is 91.5. The zero-order valence-corrected chi connectivity index (χ0v) is 80.6. The molecule has 23 heteroatoms. The van der Waals surface area contributed by atoms with E-state index in [1.165, 1.54) is 229 Å². The van der Waals surface area contributed by atoms with Crippen LogP contribution in [0.3, 0.4) is 0 Å². The fraction of sp³-hybridized carbons (Fsp3) is 0.336. The summed E-state index contributed by atoms with van der Waals surface area (Å²) in [5, 5.41) is 0. The number of imidazole rings is 10. The van der Waals surface area contributed by atoms with Gasteiger partial charge in [-0.05, 0) is 269 Å². The Morgan fingerprint density at radius 2 is 0.895 bits per heavy atom. The first-order chi connectivity index (χ1) is 63.8. The minimum Gasteiger partial charge on any atom is -0.359 e. The fourth-order valence-electron chi connectivity index (χ4n) is 26.3. The summed E-state index contributed by atoms with van der Waals surface area (Å²) in [6.07, 6.45) is 23.6. The van der Waals surface area contributed by atoms with Crippen LogP contribution >= 0.6 is 0 Å². The third kappa shape index (κ3) is 9.86. The van der Waals surface area contributed by atoms with Crippen LogP contribution in [-0.4, -0.2) is 97.8 Å². The Bertz CT molecular complexity index is 8730. The van der Waals surface area contributed by atoms with Crippen molar-refractivity contribution in [2.45, 2.75) is 210 Å². The SMILES string of the molecule is Cc1ccc2c3c1-c1c(cnc[n+]1C)C(C)(C)n3c1nc(C)c(C)n21.Cc1ccc2c3c1-c1c(ncc[n+]1C)C(C)(C)n3c1nc(C)c(C)n21.Cc1ccc2c3c1-c1c4c(cc[n+]1C)C1CCC4(CC1)n3c1nc3ccccc3n21.Cc1ccc2c3c1-c1c4c(cc[n+]1C)CCCC4n3c1nc3ccccc3n21.Cc1ccc2c3c1N1C(=CN(C)[C@@H]1C)C(C)(C)n3c1nc(C)c(C)n21. The summed E-state index contributed by atoms with van der Waals surface area (Å²) in [4.78, 5) is 39.1. The topological polar surface area (TPSA) is 159 Å². The lowest BCUT2D eigenvalue weighted by Crippen LogP contribution is -2.49. The third-order valence-electron chi connectivity index (χ3n) is 33.1. The predicted molar refractivity (Wildman–Crippen MR) is 526 cm³/mol. The number of fused-ring (bicyclic) bond motifs is 30. The Morgan fingerprint density at radius 1 is 0.421 bits per heavy atom. The van der Waals surface area contributed by atoms with E-state index in [0.29, 0.717) is 18.1 Å². The van der Waals surface area contributed by atoms with Crippen LogP contribution in [0.2, 0.25) is 0 Å². The number of hydrogen-bond acceptors (Lipinski definition) is 9. The fourth-order valence-corrected chi connectivity index (χ4v) is 26.3. The highest BCUT2D eigenvalue weighted by atomic mass is 15.4. The molecule has 1 saturated carbocycles. The summed E-state index contributed by atoms with van der Waals surface area (Å²) in [6.45, 7) is 39.7. The van der Waals surface area contributed by atoms with Gasteiger partial charge < -0.3 is 14.4 Å². The average Bonchev–Trinajstić information content (AvgIpc) is 1.53. The highest BCUT2D eigenvalue weighted by molar-refractivity contribution is 6.05. The molecule has 133 heavy (non-hydrogen) atoms. The maximum atomic E-state index is 5.20. The van der Waals surface area contributed by atoms with Gasteiger partial charge in [0.2, 0.25) is 46.0 Å². The molecule has 10 aliphatic rings. The van der Waals surface area contributed by atoms with Crippen molar-refractivity contribution in [3.63, 3.8) is 0 Å². The standard InChI is InChI=1S/C26H23N4.C24H21N4.C20H25N5.2C20H22N5/c1-15-7-8-20-23-21(15)24-22-17(11-14-28(24)2)16-9-12-26(22,13-10-16)30(23)25-27-18-5-3-4-6-19(18)29(20)25;1-14-10-11-19-22-20(14)23-21-15(12-13-26(23)2)6-5-9-18(21)28(22)24-25-16-7-3-4-8-17(16)27(19)24;1-11-8-9-15-18-17(11)24-14(4)22(7)10-16(24)20(5,6)25(18)19-21-12(2)13(3)23(15)19;1-11-7-8-15-18-16(11)17-14(9-21-10-23(17)6)20(4,5)25(18)19-22-12(2)13(3)24(15)19;1-11-7-8-14-16-15(11)17-18(21-9-10-23(17)6)20(4,5)25(16)19-22-12(2)13(3)24(14)19/h3-8,11,14,16H,9-10,12-13H2,1-2H3;3-4,7-8,10-13,18H,5-6,9H2,1-2H3;8-10,14H,1-7H3;2*7-10H,1-6H3/q2*+1;;2*+1/t;;14-;;/m..0../s1. The van der Waals surface area contributed by atoms with Crippen molar-refractivity contribution in [1.29, 1.82) is 0 Å². The Morgan fingerprint density at radius 3 is 1.50 bits per heavy atom. The lowest BCUT2D eigenvalue weighted by atomic mass is 9.60. The van der Waals surface area contributed by atoms with Gasteiger partial charge in [-0.25, -0.2) is 43.6 Å². The van der Waals surface area contributed by atoms with E-state index in [0.717, 1.165) is 62.7 Å². The summed E-state index contributed by atoms with van der Waals surface area (Å²) >= 11 is 0. The second-order valence-corrected chi connectivity index (χ2v) is 41.4. The predicted octanol–water partition coefficient (Wildman–Crippen LogP) is 19.7. The van der Waals surface area contributed by atoms with Crippen LogP contribution in [0.5, 0.6) is 0 Å². The number of allylic oxidation sites excluding steroid dienone is 1. The van der Waals surface area contributed by atoms with Crippen molar-refractivity contribution in [2.75, 3.05) is 11.9 Å². The van der Waals surface area contributed by atoms with Crippen molar-refractivity contribution in [3.8, 4) is 45.0 Å². The first-order valence-electron chi connectivity index (χ1n) is 47.7. The number of aryl methyl sites for hydroxylation is 16. The molecule has 0 amide bonds. The third-order valence-corrected chi connectivity index (χ3v) is 33.1. The van der Waals surface area contributed by atoms with Gasteiger partial charge in [-0.3, -0.25) is 40.3 Å². The molecule has 664 valence electrons. The van der Waals surface area contributed by atoms with Gasteiger partial charge in [-0.2, -0.15) is 4.57 Å². The number of aromatic nitrogens is 21. The Hall–Kier alpha value is -14.1. The summed E-state index contributed by atoms with van der Waals surface area (Å²) in [7, 11) is 10.8. The largest absolute Gasteiger partial charge is 0.359 e. The highest BCUT2D eigenvalue weighted by Crippen LogP contribution is 2.62. The number of nitrogens with zero attached hydrogens (tertiary/aromatic N) is 23. The lowest BCUT2D eigenvalue weighted by molar-refractivity contribution is -0.664. The maximum Gasteiger partial charge on any atom is 0.286 e. The maximum absolute atomic E-state index is 5.20. The molecule has 1 fully saturated rings. The van der Waals surface area contributed by atoms with E-state index in [4.69, 9.17) is 29.9 Å². The monoisotopic (exact) mass is 1760 g/mol. The van der Waals surface area contributed by atoms with Crippen molar-refractivity contribution in [2.24, 2.45) is 28.2 Å². The Balaban J connectivity index is 0.0000000871. The quantitative estimate of drug-likeness (QED) is 0.135. The van der Waals surface area contributed by atoms with Crippen LogP contribution in [0.15, 0.2) is 171 Å². The zero-order valence-electron chi connectivity index (χ0n) is 80.6. The van der Waals surface area contributed by atoms with Crippen molar-refractivity contribution in [1.82, 2.24) is 84.6 Å². The minimum absolute atomic E-state index is 0.0314. The summed E-state index contributed by atoms with van der Waals surface area (Å²) in [5.74, 6) is 5.97.